The van der Waals surface area contributed by atoms with Gasteiger partial charge in [0.05, 0.1) is 7.11 Å². The molecule has 1 aliphatic heterocycles. The van der Waals surface area contributed by atoms with Gasteiger partial charge in [0.25, 0.3) is 5.91 Å². The molecule has 3 aromatic rings. The van der Waals surface area contributed by atoms with Crippen LogP contribution < -0.4 is 10.1 Å². The van der Waals surface area contributed by atoms with Gasteiger partial charge in [-0.3, -0.25) is 4.79 Å². The van der Waals surface area contributed by atoms with Crippen LogP contribution in [0.25, 0.3) is 10.9 Å². The molecule has 28 heavy (non-hydrogen) atoms. The molecular weight excluding hydrogens is 352 g/mol. The first-order chi connectivity index (χ1) is 13.6. The zero-order chi connectivity index (χ0) is 19.6. The molecule has 1 N–H and O–H groups in total. The lowest BCUT2D eigenvalue weighted by atomic mass is 9.74. The summed E-state index contributed by atoms with van der Waals surface area (Å²) in [5.41, 5.74) is 2.83. The monoisotopic (exact) mass is 378 g/mol. The van der Waals surface area contributed by atoms with Crippen LogP contribution in [0.5, 0.6) is 5.75 Å². The van der Waals surface area contributed by atoms with Gasteiger partial charge in [-0.1, -0.05) is 30.3 Å². The number of carbonyl (C=O) groups excluding carboxylic acids is 1. The van der Waals surface area contributed by atoms with Crippen molar-refractivity contribution in [2.24, 2.45) is 7.05 Å². The van der Waals surface area contributed by atoms with Crippen molar-refractivity contribution in [3.8, 4) is 5.75 Å². The van der Waals surface area contributed by atoms with Crippen molar-refractivity contribution in [3.63, 3.8) is 0 Å². The third kappa shape index (κ3) is 3.38. The molecule has 1 aliphatic rings. The predicted molar refractivity (Wildman–Crippen MR) is 110 cm³/mol. The van der Waals surface area contributed by atoms with E-state index >= 15 is 0 Å². The van der Waals surface area contributed by atoms with Gasteiger partial charge in [-0.15, -0.1) is 0 Å². The SMILES string of the molecule is COc1ccc(C2(CNC(=O)c3cc4ccccc4n3C)CCOCC2)cc1. The van der Waals surface area contributed by atoms with E-state index < -0.39 is 0 Å². The molecule has 1 amide bonds. The van der Waals surface area contributed by atoms with Crippen LogP contribution in [-0.2, 0) is 17.2 Å². The van der Waals surface area contributed by atoms with Gasteiger partial charge < -0.3 is 19.4 Å². The predicted octanol–water partition coefficient (Wildman–Crippen LogP) is 3.67. The van der Waals surface area contributed by atoms with Crippen LogP contribution in [0.4, 0.5) is 0 Å². The van der Waals surface area contributed by atoms with Crippen LogP contribution in [0.3, 0.4) is 0 Å². The average Bonchev–Trinajstić information content (AvgIpc) is 3.10. The molecular formula is C23H26N2O3. The van der Waals surface area contributed by atoms with E-state index in [0.29, 0.717) is 25.5 Å². The standard InChI is InChI=1S/C23H26N2O3/c1-25-20-6-4-3-5-17(20)15-21(25)22(26)24-16-23(11-13-28-14-12-23)18-7-9-19(27-2)10-8-18/h3-10,15H,11-14,16H2,1-2H3,(H,24,26). The summed E-state index contributed by atoms with van der Waals surface area (Å²) in [6.07, 6.45) is 1.77. The van der Waals surface area contributed by atoms with Crippen LogP contribution >= 0.6 is 0 Å². The third-order valence-electron chi connectivity index (χ3n) is 5.92. The summed E-state index contributed by atoms with van der Waals surface area (Å²) in [6.45, 7) is 1.99. The number of amides is 1. The topological polar surface area (TPSA) is 52.5 Å². The van der Waals surface area contributed by atoms with E-state index in [2.05, 4.69) is 17.4 Å². The van der Waals surface area contributed by atoms with Crippen molar-refractivity contribution < 1.29 is 14.3 Å². The van der Waals surface area contributed by atoms with E-state index in [1.54, 1.807) is 7.11 Å². The number of para-hydroxylation sites is 1. The summed E-state index contributed by atoms with van der Waals surface area (Å²) in [6, 6.07) is 18.2. The number of aromatic nitrogens is 1. The van der Waals surface area contributed by atoms with Gasteiger partial charge in [-0.2, -0.15) is 0 Å². The Kier molecular flexibility index (Phi) is 5.09. The highest BCUT2D eigenvalue weighted by molar-refractivity contribution is 5.98. The quantitative estimate of drug-likeness (QED) is 0.737. The fourth-order valence-corrected chi connectivity index (χ4v) is 4.12. The zero-order valence-electron chi connectivity index (χ0n) is 16.4. The molecule has 0 spiro atoms. The van der Waals surface area contributed by atoms with E-state index in [4.69, 9.17) is 9.47 Å². The zero-order valence-corrected chi connectivity index (χ0v) is 16.4. The minimum Gasteiger partial charge on any atom is -0.497 e. The first-order valence-corrected chi connectivity index (χ1v) is 9.68. The summed E-state index contributed by atoms with van der Waals surface area (Å²) in [5.74, 6) is 0.795. The maximum Gasteiger partial charge on any atom is 0.267 e. The van der Waals surface area contributed by atoms with E-state index in [1.165, 1.54) is 5.56 Å². The molecule has 1 saturated heterocycles. The number of fused-ring (bicyclic) bond motifs is 1. The smallest absolute Gasteiger partial charge is 0.267 e. The van der Waals surface area contributed by atoms with Gasteiger partial charge >= 0.3 is 0 Å². The summed E-state index contributed by atoms with van der Waals surface area (Å²) < 4.78 is 12.8. The largest absolute Gasteiger partial charge is 0.497 e. The Morgan fingerprint density at radius 1 is 1.14 bits per heavy atom. The van der Waals surface area contributed by atoms with Crippen molar-refractivity contribution in [1.82, 2.24) is 9.88 Å². The van der Waals surface area contributed by atoms with Gasteiger partial charge in [-0.25, -0.2) is 0 Å². The first kappa shape index (κ1) is 18.6. The number of benzene rings is 2. The number of hydrogen-bond acceptors (Lipinski definition) is 3. The number of ether oxygens (including phenoxy) is 2. The van der Waals surface area contributed by atoms with Gasteiger partial charge in [-0.05, 0) is 42.7 Å². The Bertz CT molecular complexity index is 969. The van der Waals surface area contributed by atoms with E-state index in [1.807, 2.05) is 54.1 Å². The highest BCUT2D eigenvalue weighted by atomic mass is 16.5. The molecule has 0 radical (unpaired) electrons. The molecule has 0 atom stereocenters. The number of hydrogen-bond donors (Lipinski definition) is 1. The Labute approximate surface area is 165 Å². The molecule has 2 aromatic carbocycles. The summed E-state index contributed by atoms with van der Waals surface area (Å²) >= 11 is 0. The van der Waals surface area contributed by atoms with Crippen molar-refractivity contribution in [1.29, 1.82) is 0 Å². The van der Waals surface area contributed by atoms with Gasteiger partial charge in [0, 0.05) is 43.1 Å². The van der Waals surface area contributed by atoms with Crippen molar-refractivity contribution in [2.75, 3.05) is 26.9 Å². The minimum atomic E-state index is -0.120. The highest BCUT2D eigenvalue weighted by Gasteiger charge is 2.35. The lowest BCUT2D eigenvalue weighted by Crippen LogP contribution is -2.44. The fourth-order valence-electron chi connectivity index (χ4n) is 4.12. The molecule has 0 saturated carbocycles. The average molecular weight is 378 g/mol. The molecule has 0 unspecified atom stereocenters. The third-order valence-corrected chi connectivity index (χ3v) is 5.92. The van der Waals surface area contributed by atoms with E-state index in [9.17, 15) is 4.79 Å². The lowest BCUT2D eigenvalue weighted by molar-refractivity contribution is 0.0486. The van der Waals surface area contributed by atoms with Crippen LogP contribution in [0.15, 0.2) is 54.6 Å². The number of nitrogens with zero attached hydrogens (tertiary/aromatic N) is 1. The van der Waals surface area contributed by atoms with Crippen LogP contribution in [-0.4, -0.2) is 37.3 Å². The van der Waals surface area contributed by atoms with Crippen molar-refractivity contribution in [2.45, 2.75) is 18.3 Å². The summed E-state index contributed by atoms with van der Waals surface area (Å²) in [7, 11) is 3.61. The number of aryl methyl sites for hydroxylation is 1. The molecule has 1 aromatic heterocycles. The molecule has 5 heteroatoms. The second-order valence-electron chi connectivity index (χ2n) is 7.45. The minimum absolute atomic E-state index is 0.0434. The van der Waals surface area contributed by atoms with E-state index in [0.717, 1.165) is 29.5 Å². The van der Waals surface area contributed by atoms with Crippen molar-refractivity contribution in [3.05, 3.63) is 65.9 Å². The fraction of sp³-hybridized carbons (Fsp3) is 0.348. The van der Waals surface area contributed by atoms with Gasteiger partial charge in [0.2, 0.25) is 0 Å². The van der Waals surface area contributed by atoms with Crippen LogP contribution in [0.2, 0.25) is 0 Å². The number of nitrogens with one attached hydrogen (secondary N) is 1. The van der Waals surface area contributed by atoms with E-state index in [-0.39, 0.29) is 11.3 Å². The van der Waals surface area contributed by atoms with Crippen LogP contribution in [0, 0.1) is 0 Å². The molecule has 4 rings (SSSR count). The Balaban J connectivity index is 1.56. The number of methoxy groups -OCH3 is 1. The molecule has 0 aliphatic carbocycles. The Hall–Kier alpha value is -2.79. The maximum absolute atomic E-state index is 13.0. The molecule has 1 fully saturated rings. The maximum atomic E-state index is 13.0. The summed E-state index contributed by atoms with van der Waals surface area (Å²) in [4.78, 5) is 13.0. The molecule has 2 heterocycles. The summed E-state index contributed by atoms with van der Waals surface area (Å²) in [5, 5.41) is 4.27. The molecule has 0 bridgehead atoms. The molecule has 146 valence electrons. The van der Waals surface area contributed by atoms with Crippen molar-refractivity contribution >= 4 is 16.8 Å². The normalized spacial score (nSPS) is 16.1. The van der Waals surface area contributed by atoms with Gasteiger partial charge in [0.15, 0.2) is 0 Å². The number of carbonyl (C=O) groups is 1. The molecule has 5 nitrogen and oxygen atoms in total. The number of rotatable bonds is 5. The highest BCUT2D eigenvalue weighted by Crippen LogP contribution is 2.35. The Morgan fingerprint density at radius 2 is 1.86 bits per heavy atom. The second-order valence-corrected chi connectivity index (χ2v) is 7.45. The van der Waals surface area contributed by atoms with Crippen LogP contribution in [0.1, 0.15) is 28.9 Å². The Morgan fingerprint density at radius 3 is 2.54 bits per heavy atom. The first-order valence-electron chi connectivity index (χ1n) is 9.68. The second kappa shape index (κ2) is 7.68. The van der Waals surface area contributed by atoms with Gasteiger partial charge in [0.1, 0.15) is 11.4 Å². The lowest BCUT2D eigenvalue weighted by Gasteiger charge is -2.38.